The molecule has 12 heteroatoms. The van der Waals surface area contributed by atoms with Gasteiger partial charge in [-0.3, -0.25) is 14.3 Å². The van der Waals surface area contributed by atoms with Gasteiger partial charge >= 0.3 is 0 Å². The van der Waals surface area contributed by atoms with E-state index in [2.05, 4.69) is 16.5 Å². The molecule has 0 aliphatic carbocycles. The van der Waals surface area contributed by atoms with E-state index in [-0.39, 0.29) is 52.6 Å². The summed E-state index contributed by atoms with van der Waals surface area (Å²) < 4.78 is 66.6. The Morgan fingerprint density at radius 1 is 1.00 bits per heavy atom. The lowest BCUT2D eigenvalue weighted by Crippen LogP contribution is -2.45. The van der Waals surface area contributed by atoms with Crippen LogP contribution in [0.25, 0.3) is 23.2 Å². The molecule has 1 fully saturated rings. The summed E-state index contributed by atoms with van der Waals surface area (Å²) in [7, 11) is 3.38. The fourth-order valence-electron chi connectivity index (χ4n) is 5.45. The number of carbonyl (C=O) groups is 1. The Balaban J connectivity index is 1.58. The van der Waals surface area contributed by atoms with Gasteiger partial charge in [-0.25, -0.2) is 22.5 Å². The molecule has 8 nitrogen and oxygen atoms in total. The fourth-order valence-corrected chi connectivity index (χ4v) is 5.45. The monoisotopic (exact) mass is 623 g/mol. The number of aromatic nitrogens is 3. The zero-order valence-electron chi connectivity index (χ0n) is 25.2. The number of piperazine rings is 1. The number of nitrogens with zero attached hydrogens (tertiary/aromatic N) is 5. The molecule has 3 heterocycles. The maximum atomic E-state index is 15.5. The Hall–Kier alpha value is -4.71. The minimum absolute atomic E-state index is 0.0904. The lowest BCUT2D eigenvalue weighted by molar-refractivity contribution is 0.0860. The van der Waals surface area contributed by atoms with Crippen molar-refractivity contribution in [3.8, 4) is 22.8 Å². The summed E-state index contributed by atoms with van der Waals surface area (Å²) in [6, 6.07) is 10.7. The molecule has 1 aliphatic rings. The predicted molar refractivity (Wildman–Crippen MR) is 164 cm³/mol. The SMILES string of the molecule is C=Cc1cc(F)c(-c2c(CCC(=O)c3ccc(OC(C)F)cc3)c(=O)n(-c3nc(N4CCN(C)CC4)ccc3F)n2C)c(F)c1. The van der Waals surface area contributed by atoms with Crippen molar-refractivity contribution in [2.75, 3.05) is 38.1 Å². The van der Waals surface area contributed by atoms with Crippen LogP contribution < -0.4 is 15.2 Å². The fraction of sp³-hybridized carbons (Fsp3) is 0.303. The van der Waals surface area contributed by atoms with E-state index in [1.807, 2.05) is 11.9 Å². The summed E-state index contributed by atoms with van der Waals surface area (Å²) in [6.07, 6.45) is -0.673. The zero-order valence-corrected chi connectivity index (χ0v) is 25.2. The van der Waals surface area contributed by atoms with Crippen LogP contribution in [0.1, 0.15) is 34.8 Å². The predicted octanol–water partition coefficient (Wildman–Crippen LogP) is 5.56. The quantitative estimate of drug-likeness (QED) is 0.170. The van der Waals surface area contributed by atoms with E-state index in [1.54, 1.807) is 0 Å². The number of hydrogen-bond donors (Lipinski definition) is 0. The third kappa shape index (κ3) is 6.56. The first kappa shape index (κ1) is 31.7. The van der Waals surface area contributed by atoms with Gasteiger partial charge in [0.25, 0.3) is 5.56 Å². The number of hydrogen-bond acceptors (Lipinski definition) is 6. The number of ether oxygens (including phenoxy) is 1. The minimum atomic E-state index is -1.53. The Kier molecular flexibility index (Phi) is 9.24. The van der Waals surface area contributed by atoms with Crippen molar-refractivity contribution in [3.63, 3.8) is 0 Å². The number of carbonyl (C=O) groups excluding carboxylic acids is 1. The highest BCUT2D eigenvalue weighted by Crippen LogP contribution is 2.31. The van der Waals surface area contributed by atoms with E-state index in [1.165, 1.54) is 61.1 Å². The number of likely N-dealkylation sites (N-methyl/N-ethyl adjacent to an activating group) is 1. The Morgan fingerprint density at radius 2 is 1.64 bits per heavy atom. The molecule has 1 aliphatic heterocycles. The minimum Gasteiger partial charge on any atom is -0.461 e. The van der Waals surface area contributed by atoms with E-state index < -0.39 is 34.9 Å². The maximum Gasteiger partial charge on any atom is 0.276 e. The number of halogens is 4. The van der Waals surface area contributed by atoms with Gasteiger partial charge in [-0.15, -0.1) is 0 Å². The molecule has 0 spiro atoms. The first-order valence-corrected chi connectivity index (χ1v) is 14.5. The van der Waals surface area contributed by atoms with Crippen molar-refractivity contribution in [3.05, 3.63) is 99.6 Å². The standard InChI is InChI=1S/C33H33F4N5O3/c1-5-21-18-26(36)30(27(37)19-21)31-24(10-12-28(43)22-6-8-23(9-7-22)45-20(2)34)33(44)42(40(31)4)32-25(35)11-13-29(38-32)41-16-14-39(3)15-17-41/h5-9,11,13,18-20H,1,10,12,14-17H2,2-4H3. The van der Waals surface area contributed by atoms with Crippen LogP contribution in [-0.4, -0.2) is 64.6 Å². The summed E-state index contributed by atoms with van der Waals surface area (Å²) in [6.45, 7) is 7.60. The Bertz CT molecular complexity index is 1770. The summed E-state index contributed by atoms with van der Waals surface area (Å²) in [4.78, 5) is 35.7. The van der Waals surface area contributed by atoms with Crippen LogP contribution in [-0.2, 0) is 13.5 Å². The average molecular weight is 624 g/mol. The molecule has 5 rings (SSSR count). The topological polar surface area (TPSA) is 72.6 Å². The molecule has 1 unspecified atom stereocenters. The third-order valence-corrected chi connectivity index (χ3v) is 7.81. The van der Waals surface area contributed by atoms with Crippen molar-refractivity contribution in [2.24, 2.45) is 7.05 Å². The summed E-state index contributed by atoms with van der Waals surface area (Å²) in [5.41, 5.74) is -1.05. The van der Waals surface area contributed by atoms with Crippen LogP contribution >= 0.6 is 0 Å². The molecule has 4 aromatic rings. The number of alkyl halides is 1. The van der Waals surface area contributed by atoms with Gasteiger partial charge < -0.3 is 14.5 Å². The van der Waals surface area contributed by atoms with Gasteiger partial charge in [0.15, 0.2) is 17.4 Å². The van der Waals surface area contributed by atoms with Crippen molar-refractivity contribution in [2.45, 2.75) is 26.1 Å². The largest absolute Gasteiger partial charge is 0.461 e. The number of anilines is 1. The number of benzene rings is 2. The molecule has 45 heavy (non-hydrogen) atoms. The molecule has 2 aromatic carbocycles. The first-order chi connectivity index (χ1) is 21.5. The normalized spacial score (nSPS) is 14.4. The number of rotatable bonds is 10. The summed E-state index contributed by atoms with van der Waals surface area (Å²) in [5, 5.41) is 0. The molecule has 0 saturated carbocycles. The molecular weight excluding hydrogens is 590 g/mol. The van der Waals surface area contributed by atoms with Crippen molar-refractivity contribution < 1.29 is 27.1 Å². The molecule has 1 atom stereocenters. The van der Waals surface area contributed by atoms with E-state index in [0.717, 1.165) is 29.9 Å². The van der Waals surface area contributed by atoms with Crippen LogP contribution in [0.3, 0.4) is 0 Å². The second-order valence-corrected chi connectivity index (χ2v) is 10.9. The highest BCUT2D eigenvalue weighted by Gasteiger charge is 2.28. The van der Waals surface area contributed by atoms with Gasteiger partial charge in [0.2, 0.25) is 6.36 Å². The third-order valence-electron chi connectivity index (χ3n) is 7.81. The van der Waals surface area contributed by atoms with Crippen LogP contribution in [0.2, 0.25) is 0 Å². The van der Waals surface area contributed by atoms with Crippen LogP contribution in [0.4, 0.5) is 23.4 Å². The lowest BCUT2D eigenvalue weighted by atomic mass is 9.98. The highest BCUT2D eigenvalue weighted by atomic mass is 19.1. The first-order valence-electron chi connectivity index (χ1n) is 14.5. The Labute approximate surface area is 257 Å². The summed E-state index contributed by atoms with van der Waals surface area (Å²) >= 11 is 0. The highest BCUT2D eigenvalue weighted by molar-refractivity contribution is 5.96. The van der Waals surface area contributed by atoms with E-state index >= 15 is 13.2 Å². The van der Waals surface area contributed by atoms with Gasteiger partial charge in [-0.05, 0) is 67.6 Å². The van der Waals surface area contributed by atoms with Crippen LogP contribution in [0, 0.1) is 17.5 Å². The van der Waals surface area contributed by atoms with Crippen molar-refractivity contribution in [1.82, 2.24) is 19.2 Å². The van der Waals surface area contributed by atoms with Gasteiger partial charge in [0.1, 0.15) is 23.2 Å². The molecule has 2 aromatic heterocycles. The van der Waals surface area contributed by atoms with Gasteiger partial charge in [0.05, 0.1) is 11.3 Å². The second kappa shape index (κ2) is 13.1. The number of Topliss-reactive ketones (excluding diaryl/α,β-unsaturated/α-hetero) is 1. The molecule has 0 bridgehead atoms. The molecule has 0 N–H and O–H groups in total. The Morgan fingerprint density at radius 3 is 2.24 bits per heavy atom. The molecule has 236 valence electrons. The maximum absolute atomic E-state index is 15.5. The molecule has 0 radical (unpaired) electrons. The van der Waals surface area contributed by atoms with Crippen molar-refractivity contribution in [1.29, 1.82) is 0 Å². The van der Waals surface area contributed by atoms with Crippen LogP contribution in [0.15, 0.2) is 59.9 Å². The number of pyridine rings is 1. The van der Waals surface area contributed by atoms with Crippen LogP contribution in [0.5, 0.6) is 5.75 Å². The van der Waals surface area contributed by atoms with Gasteiger partial charge in [-0.2, -0.15) is 4.68 Å². The zero-order chi connectivity index (χ0) is 32.4. The molecule has 1 saturated heterocycles. The van der Waals surface area contributed by atoms with E-state index in [0.29, 0.717) is 18.9 Å². The van der Waals surface area contributed by atoms with Gasteiger partial charge in [-0.1, -0.05) is 12.7 Å². The van der Waals surface area contributed by atoms with Crippen molar-refractivity contribution >= 4 is 17.7 Å². The lowest BCUT2D eigenvalue weighted by Gasteiger charge is -2.33. The smallest absolute Gasteiger partial charge is 0.276 e. The molecular formula is C33H33F4N5O3. The van der Waals surface area contributed by atoms with E-state index in [9.17, 15) is 14.0 Å². The number of ketones is 1. The summed E-state index contributed by atoms with van der Waals surface area (Å²) in [5.74, 6) is -2.74. The average Bonchev–Trinajstić information content (AvgIpc) is 3.24. The molecule has 0 amide bonds. The van der Waals surface area contributed by atoms with E-state index in [4.69, 9.17) is 4.74 Å². The van der Waals surface area contributed by atoms with Gasteiger partial charge in [0, 0.05) is 57.7 Å². The second-order valence-electron chi connectivity index (χ2n) is 10.9.